The molecule has 0 saturated carbocycles. The second-order valence-electron chi connectivity index (χ2n) is 7.94. The summed E-state index contributed by atoms with van der Waals surface area (Å²) in [7, 11) is 0. The maximum Gasteiger partial charge on any atom is 0.261 e. The number of hydrogen-bond acceptors (Lipinski definition) is 5. The van der Waals surface area contributed by atoms with Crippen LogP contribution in [0, 0.1) is 0 Å². The van der Waals surface area contributed by atoms with Gasteiger partial charge in [0.15, 0.2) is 11.5 Å². The van der Waals surface area contributed by atoms with Crippen LogP contribution in [0.5, 0.6) is 11.5 Å². The van der Waals surface area contributed by atoms with Crippen molar-refractivity contribution >= 4 is 17.7 Å². The molecule has 2 aromatic rings. The second-order valence-corrected chi connectivity index (χ2v) is 7.94. The van der Waals surface area contributed by atoms with E-state index in [2.05, 4.69) is 5.32 Å². The molecular formula is C23H24N2O5. The van der Waals surface area contributed by atoms with E-state index in [1.54, 1.807) is 24.3 Å². The number of imide groups is 1. The SMILES string of the molecule is CC(C)(NC(=O)CCCN1C(=O)c2ccccc2C1=O)c1ccc2c(c1)OCCO2. The molecule has 4 rings (SSSR count). The molecule has 0 radical (unpaired) electrons. The third-order valence-corrected chi connectivity index (χ3v) is 5.38. The number of fused-ring (bicyclic) bond motifs is 2. The van der Waals surface area contributed by atoms with Gasteiger partial charge in [-0.1, -0.05) is 18.2 Å². The monoisotopic (exact) mass is 408 g/mol. The molecule has 2 aliphatic rings. The van der Waals surface area contributed by atoms with Crippen LogP contribution in [-0.4, -0.2) is 42.4 Å². The third-order valence-electron chi connectivity index (χ3n) is 5.38. The molecule has 0 atom stereocenters. The summed E-state index contributed by atoms with van der Waals surface area (Å²) in [4.78, 5) is 38.5. The first-order valence-corrected chi connectivity index (χ1v) is 10.0. The van der Waals surface area contributed by atoms with Gasteiger partial charge in [-0.15, -0.1) is 0 Å². The molecule has 0 bridgehead atoms. The Hall–Kier alpha value is -3.35. The van der Waals surface area contributed by atoms with Gasteiger partial charge < -0.3 is 14.8 Å². The Labute approximate surface area is 175 Å². The van der Waals surface area contributed by atoms with E-state index >= 15 is 0 Å². The van der Waals surface area contributed by atoms with E-state index in [-0.39, 0.29) is 30.7 Å². The van der Waals surface area contributed by atoms with E-state index in [0.29, 0.717) is 42.3 Å². The zero-order chi connectivity index (χ0) is 21.3. The van der Waals surface area contributed by atoms with Crippen molar-refractivity contribution in [2.75, 3.05) is 19.8 Å². The maximum absolute atomic E-state index is 12.5. The van der Waals surface area contributed by atoms with Crippen molar-refractivity contribution in [3.63, 3.8) is 0 Å². The highest BCUT2D eigenvalue weighted by Crippen LogP contribution is 2.34. The highest BCUT2D eigenvalue weighted by Gasteiger charge is 2.34. The van der Waals surface area contributed by atoms with E-state index < -0.39 is 5.54 Å². The minimum Gasteiger partial charge on any atom is -0.486 e. The molecule has 2 aromatic carbocycles. The lowest BCUT2D eigenvalue weighted by atomic mass is 9.93. The number of ether oxygens (including phenoxy) is 2. The largest absolute Gasteiger partial charge is 0.486 e. The van der Waals surface area contributed by atoms with Crippen molar-refractivity contribution in [3.8, 4) is 11.5 Å². The molecule has 156 valence electrons. The van der Waals surface area contributed by atoms with Crippen LogP contribution in [0.4, 0.5) is 0 Å². The number of nitrogens with zero attached hydrogens (tertiary/aromatic N) is 1. The number of hydrogen-bond donors (Lipinski definition) is 1. The Morgan fingerprint density at radius 3 is 2.30 bits per heavy atom. The van der Waals surface area contributed by atoms with E-state index in [1.165, 1.54) is 4.90 Å². The third kappa shape index (κ3) is 3.75. The molecule has 0 spiro atoms. The smallest absolute Gasteiger partial charge is 0.261 e. The second kappa shape index (κ2) is 7.82. The molecule has 3 amide bonds. The zero-order valence-electron chi connectivity index (χ0n) is 17.1. The van der Waals surface area contributed by atoms with Crippen LogP contribution >= 0.6 is 0 Å². The molecule has 0 fully saturated rings. The van der Waals surface area contributed by atoms with Gasteiger partial charge in [-0.3, -0.25) is 19.3 Å². The van der Waals surface area contributed by atoms with Crippen molar-refractivity contribution in [1.29, 1.82) is 0 Å². The van der Waals surface area contributed by atoms with Crippen LogP contribution in [0.2, 0.25) is 0 Å². The van der Waals surface area contributed by atoms with E-state index in [4.69, 9.17) is 9.47 Å². The lowest BCUT2D eigenvalue weighted by Gasteiger charge is -2.29. The molecule has 30 heavy (non-hydrogen) atoms. The first-order chi connectivity index (χ1) is 14.4. The van der Waals surface area contributed by atoms with Crippen molar-refractivity contribution in [2.45, 2.75) is 32.2 Å². The first-order valence-electron chi connectivity index (χ1n) is 10.0. The van der Waals surface area contributed by atoms with Crippen molar-refractivity contribution in [3.05, 3.63) is 59.2 Å². The summed E-state index contributed by atoms with van der Waals surface area (Å²) in [5, 5.41) is 3.02. The van der Waals surface area contributed by atoms with Crippen molar-refractivity contribution in [1.82, 2.24) is 10.2 Å². The molecule has 0 aliphatic carbocycles. The van der Waals surface area contributed by atoms with Crippen LogP contribution < -0.4 is 14.8 Å². The number of carbonyl (C=O) groups excluding carboxylic acids is 3. The Bertz CT molecular complexity index is 979. The predicted molar refractivity (Wildman–Crippen MR) is 110 cm³/mol. The predicted octanol–water partition coefficient (Wildman–Crippen LogP) is 2.89. The number of amides is 3. The average molecular weight is 408 g/mol. The van der Waals surface area contributed by atoms with Gasteiger partial charge >= 0.3 is 0 Å². The van der Waals surface area contributed by atoms with Crippen LogP contribution in [0.1, 0.15) is 53.0 Å². The quantitative estimate of drug-likeness (QED) is 0.743. The standard InChI is InChI=1S/C23H24N2O5/c1-23(2,15-9-10-18-19(14-15)30-13-12-29-18)24-20(26)8-5-11-25-21(27)16-6-3-4-7-17(16)22(25)28/h3-4,6-7,9-10,14H,5,8,11-13H2,1-2H3,(H,24,26). The van der Waals surface area contributed by atoms with Gasteiger partial charge in [-0.2, -0.15) is 0 Å². The zero-order valence-corrected chi connectivity index (χ0v) is 17.1. The van der Waals surface area contributed by atoms with Crippen molar-refractivity contribution in [2.24, 2.45) is 0 Å². The number of nitrogens with one attached hydrogen (secondary N) is 1. The van der Waals surface area contributed by atoms with E-state index in [0.717, 1.165) is 5.56 Å². The number of rotatable bonds is 6. The van der Waals surface area contributed by atoms with Gasteiger partial charge in [-0.25, -0.2) is 0 Å². The molecule has 1 N–H and O–H groups in total. The molecular weight excluding hydrogens is 384 g/mol. The van der Waals surface area contributed by atoms with Crippen LogP contribution in [-0.2, 0) is 10.3 Å². The Balaban J connectivity index is 1.33. The number of carbonyl (C=O) groups is 3. The van der Waals surface area contributed by atoms with E-state index in [9.17, 15) is 14.4 Å². The number of benzene rings is 2. The molecule has 0 aromatic heterocycles. The summed E-state index contributed by atoms with van der Waals surface area (Å²) in [6.45, 7) is 5.08. The van der Waals surface area contributed by atoms with Gasteiger partial charge in [-0.05, 0) is 50.1 Å². The molecule has 0 unspecified atom stereocenters. The lowest BCUT2D eigenvalue weighted by Crippen LogP contribution is -2.41. The molecule has 7 nitrogen and oxygen atoms in total. The highest BCUT2D eigenvalue weighted by atomic mass is 16.6. The van der Waals surface area contributed by atoms with Crippen molar-refractivity contribution < 1.29 is 23.9 Å². The normalized spacial score (nSPS) is 15.2. The summed E-state index contributed by atoms with van der Waals surface area (Å²) < 4.78 is 11.2. The molecule has 7 heteroatoms. The van der Waals surface area contributed by atoms with Gasteiger partial charge in [0.25, 0.3) is 11.8 Å². The Morgan fingerprint density at radius 1 is 1.00 bits per heavy atom. The van der Waals surface area contributed by atoms with Crippen LogP contribution in [0.15, 0.2) is 42.5 Å². The average Bonchev–Trinajstić information content (AvgIpc) is 2.98. The molecule has 2 heterocycles. The van der Waals surface area contributed by atoms with Gasteiger partial charge in [0.1, 0.15) is 13.2 Å². The maximum atomic E-state index is 12.5. The van der Waals surface area contributed by atoms with E-state index in [1.807, 2.05) is 32.0 Å². The first kappa shape index (κ1) is 19.9. The van der Waals surface area contributed by atoms with Gasteiger partial charge in [0.2, 0.25) is 5.91 Å². The fraction of sp³-hybridized carbons (Fsp3) is 0.348. The fourth-order valence-electron chi connectivity index (χ4n) is 3.76. The topological polar surface area (TPSA) is 84.9 Å². The summed E-state index contributed by atoms with van der Waals surface area (Å²) in [5.74, 6) is 0.631. The molecule has 2 aliphatic heterocycles. The molecule has 0 saturated heterocycles. The lowest BCUT2D eigenvalue weighted by molar-refractivity contribution is -0.122. The van der Waals surface area contributed by atoms with Crippen LogP contribution in [0.25, 0.3) is 0 Å². The summed E-state index contributed by atoms with van der Waals surface area (Å²) in [6.07, 6.45) is 0.607. The summed E-state index contributed by atoms with van der Waals surface area (Å²) in [5.41, 5.74) is 1.14. The fourth-order valence-corrected chi connectivity index (χ4v) is 3.76. The Morgan fingerprint density at radius 2 is 1.63 bits per heavy atom. The minimum atomic E-state index is -0.609. The summed E-state index contributed by atoms with van der Waals surface area (Å²) >= 11 is 0. The Kier molecular flexibility index (Phi) is 5.20. The van der Waals surface area contributed by atoms with Crippen LogP contribution in [0.3, 0.4) is 0 Å². The minimum absolute atomic E-state index is 0.147. The van der Waals surface area contributed by atoms with Gasteiger partial charge in [0, 0.05) is 13.0 Å². The highest BCUT2D eigenvalue weighted by molar-refractivity contribution is 6.21. The van der Waals surface area contributed by atoms with Gasteiger partial charge in [0.05, 0.1) is 16.7 Å². The summed E-state index contributed by atoms with van der Waals surface area (Å²) in [6, 6.07) is 12.4.